The molecule has 1 aromatic heterocycles. The Bertz CT molecular complexity index is 497. The van der Waals surface area contributed by atoms with Crippen molar-refractivity contribution >= 4 is 10.0 Å². The van der Waals surface area contributed by atoms with Crippen molar-refractivity contribution in [2.24, 2.45) is 10.9 Å². The third-order valence-electron chi connectivity index (χ3n) is 2.25. The molecular weight excluding hydrogens is 230 g/mol. The lowest BCUT2D eigenvalue weighted by atomic mass is 10.2. The van der Waals surface area contributed by atoms with Gasteiger partial charge in [-0.1, -0.05) is 0 Å². The molecule has 0 spiro atoms. The summed E-state index contributed by atoms with van der Waals surface area (Å²) < 4.78 is 27.7. The molecule has 6 nitrogen and oxygen atoms in total. The minimum absolute atomic E-state index is 0.184. The number of primary sulfonamides is 1. The highest BCUT2D eigenvalue weighted by atomic mass is 32.2. The molecule has 1 heterocycles. The van der Waals surface area contributed by atoms with E-state index in [0.29, 0.717) is 11.3 Å². The number of sulfonamides is 1. The molecule has 0 aliphatic heterocycles. The summed E-state index contributed by atoms with van der Waals surface area (Å²) in [5, 5.41) is 4.79. The van der Waals surface area contributed by atoms with Crippen LogP contribution in [-0.4, -0.2) is 19.5 Å². The number of aromatic nitrogens is 1. The zero-order valence-corrected chi connectivity index (χ0v) is 9.40. The average Bonchev–Trinajstić information content (AvgIpc) is 3.00. The maximum atomic E-state index is 11.1. The molecule has 0 amide bonds. The first kappa shape index (κ1) is 11.3. The summed E-state index contributed by atoms with van der Waals surface area (Å²) in [6.07, 6.45) is 3.61. The van der Waals surface area contributed by atoms with Gasteiger partial charge in [-0.3, -0.25) is 0 Å². The molecule has 0 aromatic carbocycles. The van der Waals surface area contributed by atoms with Crippen molar-refractivity contribution in [3.63, 3.8) is 0 Å². The maximum absolute atomic E-state index is 11.1. The van der Waals surface area contributed by atoms with E-state index in [1.807, 2.05) is 0 Å². The molecule has 0 bridgehead atoms. The topological polar surface area (TPSA) is 108 Å². The number of nitrogens with zero attached hydrogens (tertiary/aromatic N) is 1. The molecule has 0 atom stereocenters. The molecule has 88 valence electrons. The van der Waals surface area contributed by atoms with Gasteiger partial charge in [0.05, 0.1) is 12.3 Å². The fourth-order valence-electron chi connectivity index (χ4n) is 1.25. The smallest absolute Gasteiger partial charge is 0.255 e. The third-order valence-corrected chi connectivity index (χ3v) is 3.06. The van der Waals surface area contributed by atoms with Crippen molar-refractivity contribution in [3.8, 4) is 5.75 Å². The Labute approximate surface area is 93.7 Å². The van der Waals surface area contributed by atoms with E-state index in [1.165, 1.54) is 12.3 Å². The number of hydrogen-bond donors (Lipinski definition) is 2. The summed E-state index contributed by atoms with van der Waals surface area (Å²) >= 11 is 0. The fourth-order valence-corrected chi connectivity index (χ4v) is 1.76. The zero-order chi connectivity index (χ0) is 11.8. The minimum atomic E-state index is -3.79. The second-order valence-corrected chi connectivity index (χ2v) is 5.20. The van der Waals surface area contributed by atoms with Crippen molar-refractivity contribution in [1.29, 1.82) is 0 Å². The van der Waals surface area contributed by atoms with Gasteiger partial charge in [-0.25, -0.2) is 18.5 Å². The molecule has 16 heavy (non-hydrogen) atoms. The Kier molecular flexibility index (Phi) is 2.83. The first-order valence-electron chi connectivity index (χ1n) is 4.89. The van der Waals surface area contributed by atoms with Crippen molar-refractivity contribution < 1.29 is 13.2 Å². The van der Waals surface area contributed by atoms with Crippen LogP contribution < -0.4 is 15.6 Å². The van der Waals surface area contributed by atoms with Crippen LogP contribution >= 0.6 is 0 Å². The van der Waals surface area contributed by atoms with Gasteiger partial charge in [0.25, 0.3) is 10.0 Å². The highest BCUT2D eigenvalue weighted by molar-refractivity contribution is 7.89. The lowest BCUT2D eigenvalue weighted by molar-refractivity contribution is 0.298. The van der Waals surface area contributed by atoms with E-state index in [4.69, 9.17) is 15.6 Å². The van der Waals surface area contributed by atoms with Gasteiger partial charge >= 0.3 is 0 Å². The molecule has 1 fully saturated rings. The van der Waals surface area contributed by atoms with Gasteiger partial charge in [0.1, 0.15) is 5.75 Å². The number of rotatable bonds is 4. The molecule has 1 aliphatic carbocycles. The van der Waals surface area contributed by atoms with E-state index in [1.54, 1.807) is 0 Å². The monoisotopic (exact) mass is 243 g/mol. The Hall–Kier alpha value is -1.18. The summed E-state index contributed by atoms with van der Waals surface area (Å²) in [5.74, 6) is 0.539. The molecule has 0 unspecified atom stereocenters. The summed E-state index contributed by atoms with van der Waals surface area (Å²) in [5.41, 5.74) is 6.12. The predicted molar refractivity (Wildman–Crippen MR) is 57.2 cm³/mol. The van der Waals surface area contributed by atoms with E-state index >= 15 is 0 Å². The van der Waals surface area contributed by atoms with Gasteiger partial charge in [-0.05, 0) is 18.9 Å². The second-order valence-electron chi connectivity index (χ2n) is 3.70. The molecule has 0 saturated heterocycles. The first-order valence-corrected chi connectivity index (χ1v) is 6.44. The molecule has 1 saturated carbocycles. The second kappa shape index (κ2) is 4.00. The zero-order valence-electron chi connectivity index (χ0n) is 8.59. The summed E-state index contributed by atoms with van der Waals surface area (Å²) in [6.45, 7) is 0.188. The summed E-state index contributed by atoms with van der Waals surface area (Å²) in [6, 6.07) is 1.35. The Morgan fingerprint density at radius 2 is 2.19 bits per heavy atom. The van der Waals surface area contributed by atoms with Crippen LogP contribution in [-0.2, 0) is 16.6 Å². The summed E-state index contributed by atoms with van der Waals surface area (Å²) in [7, 11) is -3.79. The molecule has 0 radical (unpaired) electrons. The van der Waals surface area contributed by atoms with Gasteiger partial charge < -0.3 is 10.5 Å². The fraction of sp³-hybridized carbons (Fsp3) is 0.444. The van der Waals surface area contributed by atoms with E-state index in [-0.39, 0.29) is 17.7 Å². The average molecular weight is 243 g/mol. The van der Waals surface area contributed by atoms with Crippen LogP contribution in [0.5, 0.6) is 5.75 Å². The molecular formula is C9H13N3O3S. The minimum Gasteiger partial charge on any atom is -0.488 e. The van der Waals surface area contributed by atoms with Crippen LogP contribution in [0.4, 0.5) is 0 Å². The SMILES string of the molecule is NCc1cc(S(N)(=O)=O)ncc1OC1CC1. The standard InChI is InChI=1S/C9H13N3O3S/c10-4-6-3-9(16(11,13)14)12-5-8(6)15-7-1-2-7/h3,5,7H,1-2,4,10H2,(H2,11,13,14). The number of ether oxygens (including phenoxy) is 1. The van der Waals surface area contributed by atoms with Gasteiger partial charge in [0, 0.05) is 12.1 Å². The van der Waals surface area contributed by atoms with Gasteiger partial charge in [0.2, 0.25) is 0 Å². The van der Waals surface area contributed by atoms with Gasteiger partial charge in [0.15, 0.2) is 5.03 Å². The first-order chi connectivity index (χ1) is 7.50. The van der Waals surface area contributed by atoms with Crippen LogP contribution in [0.15, 0.2) is 17.3 Å². The lowest BCUT2D eigenvalue weighted by Gasteiger charge is -2.09. The van der Waals surface area contributed by atoms with Crippen molar-refractivity contribution in [1.82, 2.24) is 4.98 Å². The number of pyridine rings is 1. The quantitative estimate of drug-likeness (QED) is 0.756. The van der Waals surface area contributed by atoms with Crippen LogP contribution in [0.3, 0.4) is 0 Å². The predicted octanol–water partition coefficient (Wildman–Crippen LogP) is -0.271. The molecule has 2 rings (SSSR count). The number of nitrogens with two attached hydrogens (primary N) is 2. The van der Waals surface area contributed by atoms with Crippen molar-refractivity contribution in [2.75, 3.05) is 0 Å². The van der Waals surface area contributed by atoms with Gasteiger partial charge in [-0.15, -0.1) is 0 Å². The van der Waals surface area contributed by atoms with Crippen LogP contribution in [0, 0.1) is 0 Å². The molecule has 1 aliphatic rings. The largest absolute Gasteiger partial charge is 0.488 e. The molecule has 4 N–H and O–H groups in total. The summed E-state index contributed by atoms with van der Waals surface area (Å²) in [4.78, 5) is 3.75. The third kappa shape index (κ3) is 2.49. The normalized spacial score (nSPS) is 16.1. The molecule has 1 aromatic rings. The Balaban J connectivity index is 2.33. The van der Waals surface area contributed by atoms with Crippen molar-refractivity contribution in [3.05, 3.63) is 17.8 Å². The maximum Gasteiger partial charge on any atom is 0.255 e. The number of hydrogen-bond acceptors (Lipinski definition) is 5. The van der Waals surface area contributed by atoms with Crippen LogP contribution in [0.2, 0.25) is 0 Å². The van der Waals surface area contributed by atoms with E-state index < -0.39 is 10.0 Å². The highest BCUT2D eigenvalue weighted by Crippen LogP contribution is 2.29. The van der Waals surface area contributed by atoms with Gasteiger partial charge in [-0.2, -0.15) is 0 Å². The van der Waals surface area contributed by atoms with Crippen LogP contribution in [0.25, 0.3) is 0 Å². The van der Waals surface area contributed by atoms with Crippen LogP contribution in [0.1, 0.15) is 18.4 Å². The lowest BCUT2D eigenvalue weighted by Crippen LogP contribution is -2.15. The van der Waals surface area contributed by atoms with E-state index in [9.17, 15) is 8.42 Å². The Morgan fingerprint density at radius 3 is 2.69 bits per heavy atom. The Morgan fingerprint density at radius 1 is 1.50 bits per heavy atom. The highest BCUT2D eigenvalue weighted by Gasteiger charge is 2.25. The van der Waals surface area contributed by atoms with Crippen molar-refractivity contribution in [2.45, 2.75) is 30.5 Å². The molecule has 7 heteroatoms. The van der Waals surface area contributed by atoms with E-state index in [0.717, 1.165) is 12.8 Å². The van der Waals surface area contributed by atoms with E-state index in [2.05, 4.69) is 4.98 Å².